The Kier molecular flexibility index (Phi) is 1.59. The monoisotopic (exact) mass is 194 g/mol. The van der Waals surface area contributed by atoms with Gasteiger partial charge in [-0.3, -0.25) is 0 Å². The normalized spacial score (nSPS) is 23.2. The van der Waals surface area contributed by atoms with Gasteiger partial charge in [-0.25, -0.2) is 0 Å². The van der Waals surface area contributed by atoms with Crippen molar-refractivity contribution in [1.82, 2.24) is 0 Å². The van der Waals surface area contributed by atoms with E-state index in [2.05, 4.69) is 6.07 Å². The van der Waals surface area contributed by atoms with Gasteiger partial charge in [0.25, 0.3) is 0 Å². The molecule has 0 unspecified atom stereocenters. The zero-order valence-electron chi connectivity index (χ0n) is 7.68. The van der Waals surface area contributed by atoms with Crippen molar-refractivity contribution < 1.29 is 5.11 Å². The lowest BCUT2D eigenvalue weighted by Gasteiger charge is -2.07. The second-order valence-corrected chi connectivity index (χ2v) is 5.49. The second kappa shape index (κ2) is 2.58. The van der Waals surface area contributed by atoms with E-state index in [9.17, 15) is 5.11 Å². The van der Waals surface area contributed by atoms with Crippen LogP contribution in [0, 0.1) is 0 Å². The Bertz CT molecular complexity index is 314. The van der Waals surface area contributed by atoms with E-state index >= 15 is 0 Å². The number of hydrogen-bond acceptors (Lipinski definition) is 2. The highest BCUT2D eigenvalue weighted by molar-refractivity contribution is 7.12. The average Bonchev–Trinajstić information content (AvgIpc) is 2.63. The Morgan fingerprint density at radius 3 is 2.85 bits per heavy atom. The van der Waals surface area contributed by atoms with Gasteiger partial charge in [-0.15, -0.1) is 11.3 Å². The van der Waals surface area contributed by atoms with E-state index in [1.807, 2.05) is 11.3 Å². The zero-order valence-corrected chi connectivity index (χ0v) is 8.49. The average molecular weight is 194 g/mol. The third kappa shape index (κ3) is 1.09. The molecule has 0 radical (unpaired) electrons. The van der Waals surface area contributed by atoms with Crippen molar-refractivity contribution in [2.75, 3.05) is 6.61 Å². The van der Waals surface area contributed by atoms with Crippen LogP contribution in [0.5, 0.6) is 0 Å². The molecule has 0 saturated heterocycles. The molecule has 1 nitrogen and oxygen atoms in total. The summed E-state index contributed by atoms with van der Waals surface area (Å²) >= 11 is 1.96. The summed E-state index contributed by atoms with van der Waals surface area (Å²) in [5.74, 6) is 0. The van der Waals surface area contributed by atoms with Gasteiger partial charge in [-0.05, 0) is 43.7 Å². The Morgan fingerprint density at radius 2 is 2.23 bits per heavy atom. The van der Waals surface area contributed by atoms with E-state index in [0.29, 0.717) is 6.61 Å². The van der Waals surface area contributed by atoms with Crippen LogP contribution < -0.4 is 0 Å². The molecule has 2 heteroatoms. The van der Waals surface area contributed by atoms with Crippen molar-refractivity contribution in [2.45, 2.75) is 37.5 Å². The third-order valence-corrected chi connectivity index (χ3v) is 4.91. The molecule has 2 aliphatic rings. The predicted octanol–water partition coefficient (Wildman–Crippen LogP) is 2.26. The molecular formula is C11H14OS. The van der Waals surface area contributed by atoms with E-state index < -0.39 is 0 Å². The van der Waals surface area contributed by atoms with Gasteiger partial charge in [0.15, 0.2) is 0 Å². The lowest BCUT2D eigenvalue weighted by atomic mass is 10.1. The summed E-state index contributed by atoms with van der Waals surface area (Å²) in [6.07, 6.45) is 6.29. The van der Waals surface area contributed by atoms with Crippen molar-refractivity contribution in [3.8, 4) is 0 Å². The van der Waals surface area contributed by atoms with Gasteiger partial charge >= 0.3 is 0 Å². The molecule has 1 heterocycles. The topological polar surface area (TPSA) is 20.2 Å². The smallest absolute Gasteiger partial charge is 0.0535 e. The lowest BCUT2D eigenvalue weighted by Crippen LogP contribution is -2.09. The largest absolute Gasteiger partial charge is 0.395 e. The summed E-state index contributed by atoms with van der Waals surface area (Å²) in [6, 6.07) is 2.36. The molecule has 13 heavy (non-hydrogen) atoms. The van der Waals surface area contributed by atoms with Crippen molar-refractivity contribution in [3.05, 3.63) is 21.4 Å². The molecule has 1 saturated carbocycles. The molecule has 1 aromatic heterocycles. The van der Waals surface area contributed by atoms with E-state index in [4.69, 9.17) is 0 Å². The molecule has 0 atom stereocenters. The van der Waals surface area contributed by atoms with Crippen LogP contribution in [-0.4, -0.2) is 11.7 Å². The highest BCUT2D eigenvalue weighted by Crippen LogP contribution is 2.51. The van der Waals surface area contributed by atoms with Gasteiger partial charge in [-0.1, -0.05) is 0 Å². The summed E-state index contributed by atoms with van der Waals surface area (Å²) in [6.45, 7) is 0.354. The lowest BCUT2D eigenvalue weighted by molar-refractivity contribution is 0.257. The number of aliphatic hydroxyl groups excluding tert-OH is 1. The first kappa shape index (κ1) is 8.01. The summed E-state index contributed by atoms with van der Waals surface area (Å²) in [4.78, 5) is 3.05. The molecule has 1 fully saturated rings. The molecule has 0 bridgehead atoms. The summed E-state index contributed by atoms with van der Waals surface area (Å²) in [7, 11) is 0. The van der Waals surface area contributed by atoms with Crippen LogP contribution in [-0.2, 0) is 18.3 Å². The maximum absolute atomic E-state index is 9.31. The number of aryl methyl sites for hydroxylation is 2. The molecule has 0 spiro atoms. The third-order valence-electron chi connectivity index (χ3n) is 3.43. The molecule has 0 amide bonds. The zero-order chi connectivity index (χ0) is 8.89. The number of rotatable bonds is 2. The van der Waals surface area contributed by atoms with E-state index in [1.165, 1.54) is 37.0 Å². The molecule has 70 valence electrons. The molecule has 2 aliphatic carbocycles. The van der Waals surface area contributed by atoms with Gasteiger partial charge in [0.1, 0.15) is 0 Å². The highest BCUT2D eigenvalue weighted by atomic mass is 32.1. The van der Waals surface area contributed by atoms with E-state index in [1.54, 1.807) is 10.4 Å². The molecule has 0 aromatic carbocycles. The highest BCUT2D eigenvalue weighted by Gasteiger charge is 2.45. The van der Waals surface area contributed by atoms with Crippen molar-refractivity contribution >= 4 is 11.3 Å². The SMILES string of the molecule is OCC1(c2cc3c(s2)CCC3)CC1. The maximum atomic E-state index is 9.31. The summed E-state index contributed by atoms with van der Waals surface area (Å²) in [5.41, 5.74) is 1.77. The van der Waals surface area contributed by atoms with Crippen LogP contribution in [0.4, 0.5) is 0 Å². The quantitative estimate of drug-likeness (QED) is 0.765. The minimum atomic E-state index is 0.203. The molecular weight excluding hydrogens is 180 g/mol. The molecule has 3 rings (SSSR count). The Hall–Kier alpha value is -0.340. The number of aliphatic hydroxyl groups is 1. The van der Waals surface area contributed by atoms with Crippen molar-refractivity contribution in [3.63, 3.8) is 0 Å². The van der Waals surface area contributed by atoms with Gasteiger partial charge in [-0.2, -0.15) is 0 Å². The number of thiophene rings is 1. The molecule has 0 aliphatic heterocycles. The Labute approximate surface area is 82.4 Å². The first-order valence-corrected chi connectivity index (χ1v) is 5.89. The minimum absolute atomic E-state index is 0.203. The predicted molar refractivity (Wildman–Crippen MR) is 54.3 cm³/mol. The first-order valence-electron chi connectivity index (χ1n) is 5.07. The van der Waals surface area contributed by atoms with Crippen LogP contribution in [0.25, 0.3) is 0 Å². The fourth-order valence-electron chi connectivity index (χ4n) is 2.22. The summed E-state index contributed by atoms with van der Waals surface area (Å²) in [5, 5.41) is 9.31. The molecule has 1 N–H and O–H groups in total. The van der Waals surface area contributed by atoms with Crippen LogP contribution in [0.2, 0.25) is 0 Å². The van der Waals surface area contributed by atoms with E-state index in [-0.39, 0.29) is 5.41 Å². The Morgan fingerprint density at radius 1 is 1.38 bits per heavy atom. The minimum Gasteiger partial charge on any atom is -0.395 e. The van der Waals surface area contributed by atoms with Crippen LogP contribution in [0.15, 0.2) is 6.07 Å². The standard InChI is InChI=1S/C11H14OS/c12-7-11(4-5-11)10-6-8-2-1-3-9(8)13-10/h6,12H,1-5,7H2. The fraction of sp³-hybridized carbons (Fsp3) is 0.636. The fourth-order valence-corrected chi connectivity index (χ4v) is 3.71. The van der Waals surface area contributed by atoms with Gasteiger partial charge < -0.3 is 5.11 Å². The van der Waals surface area contributed by atoms with Gasteiger partial charge in [0.05, 0.1) is 6.61 Å². The van der Waals surface area contributed by atoms with Crippen molar-refractivity contribution in [1.29, 1.82) is 0 Å². The second-order valence-electron chi connectivity index (χ2n) is 4.35. The van der Waals surface area contributed by atoms with Crippen LogP contribution in [0.1, 0.15) is 34.6 Å². The number of fused-ring (bicyclic) bond motifs is 1. The van der Waals surface area contributed by atoms with Crippen LogP contribution in [0.3, 0.4) is 0 Å². The van der Waals surface area contributed by atoms with Gasteiger partial charge in [0, 0.05) is 15.2 Å². The maximum Gasteiger partial charge on any atom is 0.0535 e. The molecule has 1 aromatic rings. The van der Waals surface area contributed by atoms with Gasteiger partial charge in [0.2, 0.25) is 0 Å². The summed E-state index contributed by atoms with van der Waals surface area (Å²) < 4.78 is 0. The van der Waals surface area contributed by atoms with E-state index in [0.717, 1.165) is 0 Å². The Balaban J connectivity index is 1.98. The van der Waals surface area contributed by atoms with Crippen molar-refractivity contribution in [2.24, 2.45) is 0 Å². The van der Waals surface area contributed by atoms with Crippen LogP contribution >= 0.6 is 11.3 Å². The number of hydrogen-bond donors (Lipinski definition) is 1. The first-order chi connectivity index (χ1) is 6.34.